The first kappa shape index (κ1) is 15.5. The number of benzene rings is 2. The number of halogens is 2. The maximum Gasteiger partial charge on any atom is 0.161 e. The van der Waals surface area contributed by atoms with Crippen molar-refractivity contribution < 1.29 is 18.7 Å². The molecule has 0 radical (unpaired) electrons. The minimum Gasteiger partial charge on any atom is -0.493 e. The fourth-order valence-corrected chi connectivity index (χ4v) is 2.27. The van der Waals surface area contributed by atoms with Crippen LogP contribution in [0.15, 0.2) is 40.9 Å². The van der Waals surface area contributed by atoms with Crippen LogP contribution in [0.1, 0.15) is 22.8 Å². The third-order valence-electron chi connectivity index (χ3n) is 2.97. The fourth-order valence-electron chi connectivity index (χ4n) is 1.80. The molecule has 0 fully saturated rings. The average molecular weight is 353 g/mol. The zero-order valence-electron chi connectivity index (χ0n) is 11.7. The number of carbonyl (C=O) groups is 1. The van der Waals surface area contributed by atoms with Crippen LogP contribution < -0.4 is 9.47 Å². The summed E-state index contributed by atoms with van der Waals surface area (Å²) in [5, 5.41) is 0. The molecule has 0 spiro atoms. The smallest absolute Gasteiger partial charge is 0.161 e. The van der Waals surface area contributed by atoms with Crippen molar-refractivity contribution >= 4 is 21.7 Å². The Balaban J connectivity index is 2.17. The molecule has 0 heterocycles. The van der Waals surface area contributed by atoms with E-state index in [1.165, 1.54) is 26.2 Å². The van der Waals surface area contributed by atoms with Gasteiger partial charge in [-0.1, -0.05) is 22.0 Å². The van der Waals surface area contributed by atoms with Crippen LogP contribution in [0.2, 0.25) is 0 Å². The van der Waals surface area contributed by atoms with Crippen LogP contribution in [0.5, 0.6) is 11.5 Å². The van der Waals surface area contributed by atoms with E-state index in [1.807, 2.05) is 0 Å². The van der Waals surface area contributed by atoms with E-state index >= 15 is 0 Å². The molecule has 2 rings (SSSR count). The summed E-state index contributed by atoms with van der Waals surface area (Å²) < 4.78 is 24.6. The van der Waals surface area contributed by atoms with Crippen LogP contribution >= 0.6 is 15.9 Å². The van der Waals surface area contributed by atoms with Gasteiger partial charge < -0.3 is 9.47 Å². The van der Waals surface area contributed by atoms with Crippen LogP contribution in [-0.4, -0.2) is 12.9 Å². The van der Waals surface area contributed by atoms with Crippen LogP contribution in [0.3, 0.4) is 0 Å². The van der Waals surface area contributed by atoms with E-state index in [0.29, 0.717) is 21.5 Å². The zero-order chi connectivity index (χ0) is 15.4. The third-order valence-corrected chi connectivity index (χ3v) is 3.71. The highest BCUT2D eigenvalue weighted by molar-refractivity contribution is 9.10. The summed E-state index contributed by atoms with van der Waals surface area (Å²) >= 11 is 3.29. The highest BCUT2D eigenvalue weighted by Crippen LogP contribution is 2.30. The van der Waals surface area contributed by atoms with Gasteiger partial charge in [0.1, 0.15) is 12.4 Å². The Morgan fingerprint density at radius 3 is 2.57 bits per heavy atom. The van der Waals surface area contributed by atoms with Crippen LogP contribution in [-0.2, 0) is 6.61 Å². The average Bonchev–Trinajstić information content (AvgIpc) is 2.46. The summed E-state index contributed by atoms with van der Waals surface area (Å²) in [6, 6.07) is 9.41. The van der Waals surface area contributed by atoms with E-state index in [4.69, 9.17) is 9.47 Å². The molecule has 0 amide bonds. The molecule has 0 aliphatic carbocycles. The van der Waals surface area contributed by atoms with Crippen molar-refractivity contribution in [3.8, 4) is 11.5 Å². The summed E-state index contributed by atoms with van der Waals surface area (Å²) in [7, 11) is 1.51. The molecule has 3 nitrogen and oxygen atoms in total. The van der Waals surface area contributed by atoms with Crippen molar-refractivity contribution in [2.45, 2.75) is 13.5 Å². The minimum absolute atomic E-state index is 0.0406. The summed E-state index contributed by atoms with van der Waals surface area (Å²) in [5.74, 6) is 0.662. The number of ketones is 1. The predicted molar refractivity (Wildman–Crippen MR) is 81.4 cm³/mol. The second-order valence-corrected chi connectivity index (χ2v) is 5.30. The molecule has 0 aliphatic rings. The van der Waals surface area contributed by atoms with Gasteiger partial charge >= 0.3 is 0 Å². The lowest BCUT2D eigenvalue weighted by Gasteiger charge is -2.12. The summed E-state index contributed by atoms with van der Waals surface area (Å²) in [6.45, 7) is 1.75. The van der Waals surface area contributed by atoms with Crippen LogP contribution in [0, 0.1) is 5.82 Å². The monoisotopic (exact) mass is 352 g/mol. The Labute approximate surface area is 130 Å². The molecule has 0 unspecified atom stereocenters. The molecule has 0 saturated carbocycles. The Morgan fingerprint density at radius 2 is 1.95 bits per heavy atom. The molecule has 0 aliphatic heterocycles. The zero-order valence-corrected chi connectivity index (χ0v) is 13.2. The largest absolute Gasteiger partial charge is 0.493 e. The molecular formula is C16H14BrFO3. The number of hydrogen-bond donors (Lipinski definition) is 0. The Kier molecular flexibility index (Phi) is 4.96. The molecule has 0 saturated heterocycles. The van der Waals surface area contributed by atoms with Gasteiger partial charge in [0, 0.05) is 15.6 Å². The second kappa shape index (κ2) is 6.72. The predicted octanol–water partition coefficient (Wildman–Crippen LogP) is 4.38. The molecule has 110 valence electrons. The van der Waals surface area contributed by atoms with Crippen molar-refractivity contribution in [1.29, 1.82) is 0 Å². The van der Waals surface area contributed by atoms with Gasteiger partial charge in [-0.15, -0.1) is 0 Å². The van der Waals surface area contributed by atoms with Crippen LogP contribution in [0.4, 0.5) is 4.39 Å². The summed E-state index contributed by atoms with van der Waals surface area (Å²) in [4.78, 5) is 11.3. The molecule has 2 aromatic carbocycles. The van der Waals surface area contributed by atoms with Crippen molar-refractivity contribution in [2.75, 3.05) is 7.11 Å². The first-order valence-corrected chi connectivity index (χ1v) is 7.06. The fraction of sp³-hybridized carbons (Fsp3) is 0.188. The van der Waals surface area contributed by atoms with Gasteiger partial charge in [-0.2, -0.15) is 0 Å². The van der Waals surface area contributed by atoms with Gasteiger partial charge in [0.15, 0.2) is 17.3 Å². The van der Waals surface area contributed by atoms with Gasteiger partial charge in [0.2, 0.25) is 0 Å². The van der Waals surface area contributed by atoms with E-state index in [2.05, 4.69) is 15.9 Å². The Morgan fingerprint density at radius 1 is 1.19 bits per heavy atom. The first-order valence-electron chi connectivity index (χ1n) is 6.27. The summed E-state index contributed by atoms with van der Waals surface area (Å²) in [6.07, 6.45) is 0. The quantitative estimate of drug-likeness (QED) is 0.749. The highest BCUT2D eigenvalue weighted by Gasteiger charge is 2.09. The lowest BCUT2D eigenvalue weighted by atomic mass is 10.1. The topological polar surface area (TPSA) is 35.5 Å². The molecule has 0 N–H and O–H groups in total. The normalized spacial score (nSPS) is 10.3. The van der Waals surface area contributed by atoms with Crippen molar-refractivity contribution in [3.05, 3.63) is 57.8 Å². The molecule has 21 heavy (non-hydrogen) atoms. The molecular weight excluding hydrogens is 339 g/mol. The third kappa shape index (κ3) is 3.82. The first-order chi connectivity index (χ1) is 10.0. The number of hydrogen-bond acceptors (Lipinski definition) is 3. The standard InChI is InChI=1S/C16H14BrFO3/c1-10(19)11-4-6-15(16(7-11)20-2)21-9-12-3-5-13(18)8-14(12)17/h3-8H,9H2,1-2H3. The molecule has 5 heteroatoms. The van der Waals surface area contributed by atoms with Crippen LogP contribution in [0.25, 0.3) is 0 Å². The Bertz CT molecular complexity index is 671. The highest BCUT2D eigenvalue weighted by atomic mass is 79.9. The summed E-state index contributed by atoms with van der Waals surface area (Å²) in [5.41, 5.74) is 1.37. The number of methoxy groups -OCH3 is 1. The molecule has 2 aromatic rings. The maximum absolute atomic E-state index is 13.0. The van der Waals surface area contributed by atoms with Gasteiger partial charge in [-0.3, -0.25) is 4.79 Å². The van der Waals surface area contributed by atoms with Gasteiger partial charge in [-0.25, -0.2) is 4.39 Å². The van der Waals surface area contributed by atoms with Gasteiger partial charge in [0.25, 0.3) is 0 Å². The molecule has 0 aromatic heterocycles. The molecule has 0 bridgehead atoms. The van der Waals surface area contributed by atoms with Gasteiger partial charge in [-0.05, 0) is 37.3 Å². The van der Waals surface area contributed by atoms with E-state index in [1.54, 1.807) is 24.3 Å². The lowest BCUT2D eigenvalue weighted by Crippen LogP contribution is -2.00. The van der Waals surface area contributed by atoms with E-state index in [-0.39, 0.29) is 18.2 Å². The van der Waals surface area contributed by atoms with Crippen molar-refractivity contribution in [3.63, 3.8) is 0 Å². The number of carbonyl (C=O) groups excluding carboxylic acids is 1. The van der Waals surface area contributed by atoms with E-state index in [9.17, 15) is 9.18 Å². The van der Waals surface area contributed by atoms with E-state index < -0.39 is 0 Å². The SMILES string of the molecule is COc1cc(C(C)=O)ccc1OCc1ccc(F)cc1Br. The number of Topliss-reactive ketones (excluding diaryl/α,β-unsaturated/α-hetero) is 1. The number of rotatable bonds is 5. The maximum atomic E-state index is 13.0. The lowest BCUT2D eigenvalue weighted by molar-refractivity contribution is 0.101. The van der Waals surface area contributed by atoms with Crippen molar-refractivity contribution in [1.82, 2.24) is 0 Å². The van der Waals surface area contributed by atoms with Crippen molar-refractivity contribution in [2.24, 2.45) is 0 Å². The minimum atomic E-state index is -0.311. The second-order valence-electron chi connectivity index (χ2n) is 4.45. The van der Waals surface area contributed by atoms with Gasteiger partial charge in [0.05, 0.1) is 7.11 Å². The Hall–Kier alpha value is -1.88. The van der Waals surface area contributed by atoms with E-state index in [0.717, 1.165) is 5.56 Å². The molecule has 0 atom stereocenters. The number of ether oxygens (including phenoxy) is 2.